The van der Waals surface area contributed by atoms with Crippen LogP contribution in [0.15, 0.2) is 146 Å². The molecule has 0 amide bonds. The second-order valence-electron chi connectivity index (χ2n) is 10.9. The molecule has 1 heteroatoms. The van der Waals surface area contributed by atoms with Crippen LogP contribution in [-0.4, -0.2) is 0 Å². The van der Waals surface area contributed by atoms with E-state index >= 15 is 0 Å². The van der Waals surface area contributed by atoms with Gasteiger partial charge >= 0.3 is 0 Å². The van der Waals surface area contributed by atoms with Crippen LogP contribution < -0.4 is 4.74 Å². The Kier molecular flexibility index (Phi) is 4.67. The maximum absolute atomic E-state index is 6.24. The van der Waals surface area contributed by atoms with Gasteiger partial charge in [0.05, 0.1) is 0 Å². The molecule has 0 spiro atoms. The zero-order valence-corrected chi connectivity index (χ0v) is 22.3. The Morgan fingerprint density at radius 2 is 0.878 bits per heavy atom. The van der Waals surface area contributed by atoms with E-state index < -0.39 is 0 Å². The monoisotopic (exact) mass is 520 g/mol. The minimum atomic E-state index is 0.914. The predicted octanol–water partition coefficient (Wildman–Crippen LogP) is 11.4. The van der Waals surface area contributed by atoms with E-state index in [1.54, 1.807) is 0 Å². The standard InChI is InChI=1S/C40H24O/c1-2-11-32-30(9-1)31-10-3-4-12-33(31)36-23-27(20-21-34(32)36)25-16-18-26(19-17-25)29-22-28-8-7-15-39-40(28)37(24-29)35-13-5-6-14-38(35)41-39/h1-24H. The van der Waals surface area contributed by atoms with Gasteiger partial charge in [0.25, 0.3) is 0 Å². The van der Waals surface area contributed by atoms with Crippen molar-refractivity contribution in [3.8, 4) is 44.9 Å². The van der Waals surface area contributed by atoms with E-state index in [0.29, 0.717) is 0 Å². The summed E-state index contributed by atoms with van der Waals surface area (Å²) in [6.07, 6.45) is 0. The normalized spacial score (nSPS) is 12.1. The topological polar surface area (TPSA) is 9.23 Å². The predicted molar refractivity (Wildman–Crippen MR) is 173 cm³/mol. The lowest BCUT2D eigenvalue weighted by Gasteiger charge is -2.22. The van der Waals surface area contributed by atoms with E-state index in [1.165, 1.54) is 70.9 Å². The first kappa shape index (κ1) is 22.4. The summed E-state index contributed by atoms with van der Waals surface area (Å²) in [6, 6.07) is 52.7. The molecular weight excluding hydrogens is 496 g/mol. The molecule has 0 saturated carbocycles. The van der Waals surface area contributed by atoms with Gasteiger partial charge in [-0.25, -0.2) is 0 Å². The van der Waals surface area contributed by atoms with Crippen molar-refractivity contribution in [3.05, 3.63) is 146 Å². The molecule has 8 aromatic carbocycles. The zero-order chi connectivity index (χ0) is 26.9. The van der Waals surface area contributed by atoms with Gasteiger partial charge in [0.15, 0.2) is 0 Å². The van der Waals surface area contributed by atoms with Gasteiger partial charge in [-0.2, -0.15) is 0 Å². The third kappa shape index (κ3) is 3.36. The Balaban J connectivity index is 1.17. The van der Waals surface area contributed by atoms with Crippen molar-refractivity contribution in [2.24, 2.45) is 0 Å². The number of benzene rings is 8. The fourth-order valence-electron chi connectivity index (χ4n) is 6.70. The molecule has 41 heavy (non-hydrogen) atoms. The Morgan fingerprint density at radius 3 is 1.61 bits per heavy atom. The molecule has 0 aliphatic carbocycles. The van der Waals surface area contributed by atoms with Crippen molar-refractivity contribution in [2.75, 3.05) is 0 Å². The van der Waals surface area contributed by atoms with Crippen molar-refractivity contribution in [1.29, 1.82) is 0 Å². The summed E-state index contributed by atoms with van der Waals surface area (Å²) in [5.41, 5.74) is 7.24. The molecule has 190 valence electrons. The van der Waals surface area contributed by atoms with Crippen molar-refractivity contribution < 1.29 is 4.74 Å². The SMILES string of the molecule is c1ccc2c(c1)Oc1cccc3cc(-c4ccc(-c5ccc6c7ccccc7c7ccccc7c6c5)cc4)cc-2c13. The molecule has 0 aromatic heterocycles. The number of rotatable bonds is 2. The number of hydrogen-bond acceptors (Lipinski definition) is 1. The van der Waals surface area contributed by atoms with Crippen molar-refractivity contribution >= 4 is 43.1 Å². The highest BCUT2D eigenvalue weighted by Crippen LogP contribution is 2.48. The van der Waals surface area contributed by atoms with Gasteiger partial charge in [-0.1, -0.05) is 115 Å². The summed E-state index contributed by atoms with van der Waals surface area (Å²) in [5, 5.41) is 10.2. The van der Waals surface area contributed by atoms with Crippen LogP contribution in [0.3, 0.4) is 0 Å². The third-order valence-corrected chi connectivity index (χ3v) is 8.63. The summed E-state index contributed by atoms with van der Waals surface area (Å²) in [6.45, 7) is 0. The van der Waals surface area contributed by atoms with E-state index in [4.69, 9.17) is 4.74 Å². The van der Waals surface area contributed by atoms with Crippen LogP contribution in [-0.2, 0) is 0 Å². The molecule has 0 atom stereocenters. The lowest BCUT2D eigenvalue weighted by molar-refractivity contribution is 0.487. The van der Waals surface area contributed by atoms with Crippen LogP contribution in [0.1, 0.15) is 0 Å². The molecule has 1 aliphatic heterocycles. The number of fused-ring (bicyclic) bond motifs is 8. The fraction of sp³-hybridized carbons (Fsp3) is 0. The third-order valence-electron chi connectivity index (χ3n) is 8.63. The first-order valence-electron chi connectivity index (χ1n) is 14.1. The first-order valence-corrected chi connectivity index (χ1v) is 14.1. The zero-order valence-electron chi connectivity index (χ0n) is 22.3. The Morgan fingerprint density at radius 1 is 0.317 bits per heavy atom. The molecule has 1 heterocycles. The van der Waals surface area contributed by atoms with Gasteiger partial charge < -0.3 is 4.74 Å². The van der Waals surface area contributed by atoms with Crippen LogP contribution in [0.4, 0.5) is 0 Å². The first-order chi connectivity index (χ1) is 20.3. The molecule has 0 saturated heterocycles. The lowest BCUT2D eigenvalue weighted by Crippen LogP contribution is -1.97. The van der Waals surface area contributed by atoms with Gasteiger partial charge in [-0.15, -0.1) is 0 Å². The minimum Gasteiger partial charge on any atom is -0.456 e. The fourth-order valence-corrected chi connectivity index (χ4v) is 6.70. The number of ether oxygens (including phenoxy) is 1. The molecule has 1 nitrogen and oxygen atoms in total. The van der Waals surface area contributed by atoms with Crippen LogP contribution in [0.5, 0.6) is 11.5 Å². The number of para-hydroxylation sites is 1. The number of hydrogen-bond donors (Lipinski definition) is 0. The molecule has 0 fully saturated rings. The highest BCUT2D eigenvalue weighted by atomic mass is 16.5. The molecule has 1 aliphatic rings. The quantitative estimate of drug-likeness (QED) is 0.206. The van der Waals surface area contributed by atoms with Crippen molar-refractivity contribution in [1.82, 2.24) is 0 Å². The van der Waals surface area contributed by atoms with E-state index in [1.807, 2.05) is 12.1 Å². The van der Waals surface area contributed by atoms with Crippen molar-refractivity contribution in [2.45, 2.75) is 0 Å². The maximum atomic E-state index is 6.24. The average Bonchev–Trinajstić information content (AvgIpc) is 3.05. The highest BCUT2D eigenvalue weighted by molar-refractivity contribution is 6.25. The Bertz CT molecular complexity index is 2290. The summed E-state index contributed by atoms with van der Waals surface area (Å²) in [7, 11) is 0. The molecule has 9 rings (SSSR count). The molecule has 0 radical (unpaired) electrons. The van der Waals surface area contributed by atoms with Gasteiger partial charge in [0.1, 0.15) is 11.5 Å². The summed E-state index contributed by atoms with van der Waals surface area (Å²) in [4.78, 5) is 0. The second-order valence-corrected chi connectivity index (χ2v) is 10.9. The molecule has 0 N–H and O–H groups in total. The summed E-state index contributed by atoms with van der Waals surface area (Å²) < 4.78 is 6.24. The Labute approximate surface area is 237 Å². The molecule has 0 unspecified atom stereocenters. The van der Waals surface area contributed by atoms with Crippen molar-refractivity contribution in [3.63, 3.8) is 0 Å². The summed E-state index contributed by atoms with van der Waals surface area (Å²) in [5.74, 6) is 1.84. The smallest absolute Gasteiger partial charge is 0.135 e. The summed E-state index contributed by atoms with van der Waals surface area (Å²) >= 11 is 0. The minimum absolute atomic E-state index is 0.914. The van der Waals surface area contributed by atoms with Gasteiger partial charge in [-0.05, 0) is 95.9 Å². The van der Waals surface area contributed by atoms with Crippen LogP contribution >= 0.6 is 0 Å². The van der Waals surface area contributed by atoms with Crippen LogP contribution in [0.2, 0.25) is 0 Å². The largest absolute Gasteiger partial charge is 0.456 e. The lowest BCUT2D eigenvalue weighted by atomic mass is 9.90. The molecular formula is C40H24O. The second kappa shape index (κ2) is 8.55. The molecule has 0 bridgehead atoms. The molecule has 8 aromatic rings. The van der Waals surface area contributed by atoms with Gasteiger partial charge in [0.2, 0.25) is 0 Å². The average molecular weight is 521 g/mol. The van der Waals surface area contributed by atoms with E-state index in [-0.39, 0.29) is 0 Å². The van der Waals surface area contributed by atoms with Gasteiger partial charge in [0, 0.05) is 10.9 Å². The Hall–Kier alpha value is -5.40. The van der Waals surface area contributed by atoms with Crippen LogP contribution in [0.25, 0.3) is 76.5 Å². The van der Waals surface area contributed by atoms with E-state index in [2.05, 4.69) is 133 Å². The van der Waals surface area contributed by atoms with Gasteiger partial charge in [-0.3, -0.25) is 0 Å². The highest BCUT2D eigenvalue weighted by Gasteiger charge is 2.20. The van der Waals surface area contributed by atoms with E-state index in [0.717, 1.165) is 17.1 Å². The van der Waals surface area contributed by atoms with E-state index in [9.17, 15) is 0 Å². The maximum Gasteiger partial charge on any atom is 0.135 e. The van der Waals surface area contributed by atoms with Crippen LogP contribution in [0, 0.1) is 0 Å².